The molecule has 0 radical (unpaired) electrons. The van der Waals surface area contributed by atoms with Crippen molar-refractivity contribution < 1.29 is 4.74 Å². The van der Waals surface area contributed by atoms with E-state index in [9.17, 15) is 0 Å². The molecule has 2 aliphatic rings. The van der Waals surface area contributed by atoms with Gasteiger partial charge in [0.25, 0.3) is 0 Å². The van der Waals surface area contributed by atoms with Crippen molar-refractivity contribution >= 4 is 0 Å². The summed E-state index contributed by atoms with van der Waals surface area (Å²) in [7, 11) is 0. The van der Waals surface area contributed by atoms with Crippen molar-refractivity contribution in [3.8, 4) is 17.0 Å². The number of nitrogens with zero attached hydrogens (tertiary/aromatic N) is 3. The lowest BCUT2D eigenvalue weighted by atomic mass is 10.0. The van der Waals surface area contributed by atoms with Gasteiger partial charge in [-0.15, -0.1) is 0 Å². The molecule has 27 heavy (non-hydrogen) atoms. The first kappa shape index (κ1) is 18.5. The molecule has 146 valence electrons. The maximum atomic E-state index is 6.01. The van der Waals surface area contributed by atoms with Gasteiger partial charge in [-0.25, -0.2) is 4.98 Å². The molecule has 2 aliphatic heterocycles. The van der Waals surface area contributed by atoms with E-state index in [1.807, 2.05) is 0 Å². The average Bonchev–Trinajstić information content (AvgIpc) is 3.09. The molecule has 0 amide bonds. The zero-order chi connectivity index (χ0) is 18.6. The Morgan fingerprint density at radius 2 is 2.00 bits per heavy atom. The maximum Gasteiger partial charge on any atom is 0.119 e. The highest BCUT2D eigenvalue weighted by atomic mass is 16.5. The molecule has 1 aromatic heterocycles. The van der Waals surface area contributed by atoms with Crippen LogP contribution in [-0.2, 0) is 13.0 Å². The minimum absolute atomic E-state index is 0.745. The summed E-state index contributed by atoms with van der Waals surface area (Å²) in [5, 5.41) is 0. The molecule has 3 heterocycles. The Hall–Kier alpha value is -1.81. The van der Waals surface area contributed by atoms with Crippen LogP contribution in [0.1, 0.15) is 50.4 Å². The topological polar surface area (TPSA) is 30.3 Å². The van der Waals surface area contributed by atoms with Gasteiger partial charge in [0.05, 0.1) is 12.3 Å². The second-order valence-electron chi connectivity index (χ2n) is 8.41. The Kier molecular flexibility index (Phi) is 5.82. The summed E-state index contributed by atoms with van der Waals surface area (Å²) in [5.74, 6) is 2.96. The van der Waals surface area contributed by atoms with Crippen molar-refractivity contribution in [2.24, 2.45) is 5.92 Å². The summed E-state index contributed by atoms with van der Waals surface area (Å²) in [6.45, 7) is 10.1. The average molecular weight is 368 g/mol. The highest BCUT2D eigenvalue weighted by Crippen LogP contribution is 2.29. The second kappa shape index (κ2) is 8.47. The van der Waals surface area contributed by atoms with Gasteiger partial charge >= 0.3 is 0 Å². The van der Waals surface area contributed by atoms with Crippen molar-refractivity contribution in [3.63, 3.8) is 0 Å². The SMILES string of the molecule is Cc1cc(OCCCN2CCCCC2)ccc1-c1cn2c(n1)CC(C)CC2. The molecule has 1 saturated heterocycles. The van der Waals surface area contributed by atoms with Gasteiger partial charge in [-0.1, -0.05) is 13.3 Å². The van der Waals surface area contributed by atoms with E-state index in [4.69, 9.17) is 9.72 Å². The van der Waals surface area contributed by atoms with Crippen LogP contribution in [0.15, 0.2) is 24.4 Å². The number of piperidine rings is 1. The standard InChI is InChI=1S/C23H33N3O/c1-18-9-13-26-17-22(24-23(26)15-18)21-8-7-20(16-19(21)2)27-14-6-12-25-10-4-3-5-11-25/h7-8,16-18H,3-6,9-15H2,1-2H3. The lowest BCUT2D eigenvalue weighted by molar-refractivity contribution is 0.205. The fourth-order valence-electron chi connectivity index (χ4n) is 4.39. The number of likely N-dealkylation sites (tertiary alicyclic amines) is 1. The summed E-state index contributed by atoms with van der Waals surface area (Å²) in [5.41, 5.74) is 3.57. The number of benzene rings is 1. The number of hydrogen-bond acceptors (Lipinski definition) is 3. The van der Waals surface area contributed by atoms with Crippen molar-refractivity contribution in [2.75, 3.05) is 26.2 Å². The molecule has 4 heteroatoms. The molecule has 4 nitrogen and oxygen atoms in total. The third-order valence-corrected chi connectivity index (χ3v) is 6.06. The fraction of sp³-hybridized carbons (Fsp3) is 0.609. The van der Waals surface area contributed by atoms with Crippen LogP contribution in [0.25, 0.3) is 11.3 Å². The zero-order valence-electron chi connectivity index (χ0n) is 16.9. The highest BCUT2D eigenvalue weighted by molar-refractivity contribution is 5.64. The van der Waals surface area contributed by atoms with Gasteiger partial charge in [0.2, 0.25) is 0 Å². The molecule has 0 spiro atoms. The third kappa shape index (κ3) is 4.55. The van der Waals surface area contributed by atoms with Crippen LogP contribution < -0.4 is 4.74 Å². The molecule has 1 aromatic carbocycles. The van der Waals surface area contributed by atoms with Crippen LogP contribution in [-0.4, -0.2) is 40.7 Å². The van der Waals surface area contributed by atoms with Crippen LogP contribution in [0, 0.1) is 12.8 Å². The molecular formula is C23H33N3O. The summed E-state index contributed by atoms with van der Waals surface area (Å²) < 4.78 is 8.34. The van der Waals surface area contributed by atoms with Crippen molar-refractivity contribution in [1.82, 2.24) is 14.5 Å². The number of rotatable bonds is 6. The van der Waals surface area contributed by atoms with Gasteiger partial charge < -0.3 is 14.2 Å². The van der Waals surface area contributed by atoms with Gasteiger partial charge in [-0.3, -0.25) is 0 Å². The lowest BCUT2D eigenvalue weighted by Crippen LogP contribution is -2.31. The Bertz CT molecular complexity index is 761. The van der Waals surface area contributed by atoms with Crippen LogP contribution in [0.3, 0.4) is 0 Å². The summed E-state index contributed by atoms with van der Waals surface area (Å²) in [6, 6.07) is 6.44. The molecule has 1 unspecified atom stereocenters. The number of aromatic nitrogens is 2. The number of hydrogen-bond donors (Lipinski definition) is 0. The normalized spacial score (nSPS) is 20.4. The Morgan fingerprint density at radius 1 is 1.15 bits per heavy atom. The summed E-state index contributed by atoms with van der Waals surface area (Å²) in [6.07, 6.45) is 9.80. The first-order valence-electron chi connectivity index (χ1n) is 10.7. The number of aryl methyl sites for hydroxylation is 2. The minimum atomic E-state index is 0.745. The fourth-order valence-corrected chi connectivity index (χ4v) is 4.39. The largest absolute Gasteiger partial charge is 0.494 e. The Balaban J connectivity index is 1.34. The molecular weight excluding hydrogens is 334 g/mol. The molecule has 0 bridgehead atoms. The zero-order valence-corrected chi connectivity index (χ0v) is 16.9. The molecule has 1 fully saturated rings. The molecule has 0 saturated carbocycles. The predicted molar refractivity (Wildman–Crippen MR) is 110 cm³/mol. The van der Waals surface area contributed by atoms with Gasteiger partial charge in [0.15, 0.2) is 0 Å². The molecule has 2 aromatic rings. The van der Waals surface area contributed by atoms with E-state index in [0.717, 1.165) is 49.9 Å². The smallest absolute Gasteiger partial charge is 0.119 e. The van der Waals surface area contributed by atoms with E-state index >= 15 is 0 Å². The molecule has 0 aliphatic carbocycles. The summed E-state index contributed by atoms with van der Waals surface area (Å²) in [4.78, 5) is 7.48. The van der Waals surface area contributed by atoms with E-state index in [-0.39, 0.29) is 0 Å². The van der Waals surface area contributed by atoms with Crippen LogP contribution in [0.5, 0.6) is 5.75 Å². The number of fused-ring (bicyclic) bond motifs is 1. The first-order chi connectivity index (χ1) is 13.2. The van der Waals surface area contributed by atoms with E-state index in [0.29, 0.717) is 0 Å². The van der Waals surface area contributed by atoms with E-state index in [1.54, 1.807) is 0 Å². The first-order valence-corrected chi connectivity index (χ1v) is 10.7. The van der Waals surface area contributed by atoms with Crippen molar-refractivity contribution in [2.45, 2.75) is 58.9 Å². The molecule has 4 rings (SSSR count). The van der Waals surface area contributed by atoms with E-state index < -0.39 is 0 Å². The quantitative estimate of drug-likeness (QED) is 0.694. The number of imidazole rings is 1. The maximum absolute atomic E-state index is 6.01. The van der Waals surface area contributed by atoms with Gasteiger partial charge in [0.1, 0.15) is 11.6 Å². The Morgan fingerprint density at radius 3 is 2.81 bits per heavy atom. The monoisotopic (exact) mass is 367 g/mol. The van der Waals surface area contributed by atoms with Crippen LogP contribution in [0.4, 0.5) is 0 Å². The predicted octanol–water partition coefficient (Wildman–Crippen LogP) is 4.70. The van der Waals surface area contributed by atoms with Crippen molar-refractivity contribution in [1.29, 1.82) is 0 Å². The van der Waals surface area contributed by atoms with Crippen molar-refractivity contribution in [3.05, 3.63) is 35.8 Å². The number of ether oxygens (including phenoxy) is 1. The van der Waals surface area contributed by atoms with Gasteiger partial charge in [-0.05, 0) is 75.4 Å². The van der Waals surface area contributed by atoms with Crippen LogP contribution >= 0.6 is 0 Å². The van der Waals surface area contributed by atoms with E-state index in [1.165, 1.54) is 55.7 Å². The minimum Gasteiger partial charge on any atom is -0.494 e. The van der Waals surface area contributed by atoms with E-state index in [2.05, 4.69) is 47.7 Å². The molecule has 1 atom stereocenters. The third-order valence-electron chi connectivity index (χ3n) is 6.06. The molecule has 0 N–H and O–H groups in total. The lowest BCUT2D eigenvalue weighted by Gasteiger charge is -2.26. The van der Waals surface area contributed by atoms with Crippen LogP contribution in [0.2, 0.25) is 0 Å². The summed E-state index contributed by atoms with van der Waals surface area (Å²) >= 11 is 0. The second-order valence-corrected chi connectivity index (χ2v) is 8.41. The highest BCUT2D eigenvalue weighted by Gasteiger charge is 2.18. The van der Waals surface area contributed by atoms with Gasteiger partial charge in [0, 0.05) is 31.3 Å². The Labute approximate surface area is 163 Å². The van der Waals surface area contributed by atoms with Gasteiger partial charge in [-0.2, -0.15) is 0 Å².